The largest absolute Gasteiger partial charge is 0.390 e. The van der Waals surface area contributed by atoms with Gasteiger partial charge >= 0.3 is 0 Å². The predicted octanol–water partition coefficient (Wildman–Crippen LogP) is 1.54. The second kappa shape index (κ2) is 3.58. The van der Waals surface area contributed by atoms with E-state index in [1.54, 1.807) is 0 Å². The van der Waals surface area contributed by atoms with Gasteiger partial charge in [0.05, 0.1) is 5.60 Å². The average Bonchev–Trinajstić information content (AvgIpc) is 2.87. The highest BCUT2D eigenvalue weighted by molar-refractivity contribution is 4.93. The monoisotopic (exact) mass is 183 g/mol. The van der Waals surface area contributed by atoms with Gasteiger partial charge < -0.3 is 10.4 Å². The number of nitrogens with one attached hydrogen (secondary N) is 1. The molecule has 0 bridgehead atoms. The van der Waals surface area contributed by atoms with Crippen LogP contribution >= 0.6 is 0 Å². The van der Waals surface area contributed by atoms with Crippen LogP contribution in [0.2, 0.25) is 0 Å². The summed E-state index contributed by atoms with van der Waals surface area (Å²) in [5, 5.41) is 13.5. The third-order valence-electron chi connectivity index (χ3n) is 3.62. The molecular formula is C11H21NO. The molecule has 1 saturated carbocycles. The molecule has 2 nitrogen and oxygen atoms in total. The maximum Gasteiger partial charge on any atom is 0.0650 e. The van der Waals surface area contributed by atoms with Crippen molar-refractivity contribution in [3.8, 4) is 0 Å². The van der Waals surface area contributed by atoms with Crippen LogP contribution in [0.4, 0.5) is 0 Å². The van der Waals surface area contributed by atoms with Gasteiger partial charge in [0.2, 0.25) is 0 Å². The summed E-state index contributed by atoms with van der Waals surface area (Å²) in [6.45, 7) is 4.32. The van der Waals surface area contributed by atoms with Gasteiger partial charge in [0.25, 0.3) is 0 Å². The van der Waals surface area contributed by atoms with E-state index in [2.05, 4.69) is 5.32 Å². The van der Waals surface area contributed by atoms with Crippen LogP contribution in [0.1, 0.15) is 39.0 Å². The van der Waals surface area contributed by atoms with Gasteiger partial charge in [-0.05, 0) is 64.0 Å². The van der Waals surface area contributed by atoms with Crippen molar-refractivity contribution in [1.82, 2.24) is 5.32 Å². The molecule has 2 rings (SSSR count). The lowest BCUT2D eigenvalue weighted by molar-refractivity contribution is 0.00784. The fourth-order valence-electron chi connectivity index (χ4n) is 2.54. The van der Waals surface area contributed by atoms with Crippen molar-refractivity contribution in [2.24, 2.45) is 11.8 Å². The first-order valence-electron chi connectivity index (χ1n) is 5.61. The van der Waals surface area contributed by atoms with Crippen LogP contribution in [0.5, 0.6) is 0 Å². The topological polar surface area (TPSA) is 32.3 Å². The van der Waals surface area contributed by atoms with Crippen LogP contribution < -0.4 is 5.32 Å². The minimum Gasteiger partial charge on any atom is -0.390 e. The smallest absolute Gasteiger partial charge is 0.0650 e. The van der Waals surface area contributed by atoms with Crippen LogP contribution in [-0.2, 0) is 0 Å². The Kier molecular flexibility index (Phi) is 2.61. The molecule has 0 radical (unpaired) electrons. The standard InChI is InChI=1S/C11H21NO/c1-11(13,10-2-3-10)8-9-4-6-12-7-5-9/h9-10,12-13H,2-8H2,1H3. The summed E-state index contributed by atoms with van der Waals surface area (Å²) in [7, 11) is 0. The summed E-state index contributed by atoms with van der Waals surface area (Å²) in [5.74, 6) is 1.37. The zero-order valence-electron chi connectivity index (χ0n) is 8.55. The van der Waals surface area contributed by atoms with Crippen molar-refractivity contribution < 1.29 is 5.11 Å². The summed E-state index contributed by atoms with van der Waals surface area (Å²) in [5.41, 5.74) is -0.359. The Morgan fingerprint density at radius 3 is 2.38 bits per heavy atom. The van der Waals surface area contributed by atoms with Crippen LogP contribution in [0.25, 0.3) is 0 Å². The summed E-state index contributed by atoms with van der Waals surface area (Å²) < 4.78 is 0. The number of hydrogen-bond donors (Lipinski definition) is 2. The molecule has 0 aromatic heterocycles. The molecule has 1 atom stereocenters. The van der Waals surface area contributed by atoms with Gasteiger partial charge in [-0.15, -0.1) is 0 Å². The zero-order chi connectivity index (χ0) is 9.31. The Morgan fingerprint density at radius 2 is 1.85 bits per heavy atom. The molecule has 1 aliphatic carbocycles. The Hall–Kier alpha value is -0.0800. The summed E-state index contributed by atoms with van der Waals surface area (Å²) in [6, 6.07) is 0. The van der Waals surface area contributed by atoms with E-state index < -0.39 is 0 Å². The van der Waals surface area contributed by atoms with Crippen molar-refractivity contribution in [2.45, 2.75) is 44.6 Å². The van der Waals surface area contributed by atoms with Crippen LogP contribution in [0.3, 0.4) is 0 Å². The molecule has 2 N–H and O–H groups in total. The number of aliphatic hydroxyl groups is 1. The summed E-state index contributed by atoms with van der Waals surface area (Å²) in [4.78, 5) is 0. The highest BCUT2D eigenvalue weighted by Gasteiger charge is 2.41. The highest BCUT2D eigenvalue weighted by atomic mass is 16.3. The van der Waals surface area contributed by atoms with Gasteiger partial charge in [-0.2, -0.15) is 0 Å². The van der Waals surface area contributed by atoms with Gasteiger partial charge in [0, 0.05) is 0 Å². The van der Waals surface area contributed by atoms with E-state index in [1.165, 1.54) is 25.7 Å². The number of hydrogen-bond acceptors (Lipinski definition) is 2. The lowest BCUT2D eigenvalue weighted by Crippen LogP contribution is -2.35. The van der Waals surface area contributed by atoms with Gasteiger partial charge in [-0.3, -0.25) is 0 Å². The molecule has 0 amide bonds. The second-order valence-corrected chi connectivity index (χ2v) is 5.03. The second-order valence-electron chi connectivity index (χ2n) is 5.03. The Bertz CT molecular complexity index is 169. The lowest BCUT2D eigenvalue weighted by atomic mass is 9.83. The molecule has 0 spiro atoms. The SMILES string of the molecule is CC(O)(CC1CCNCC1)C1CC1. The molecule has 1 heterocycles. The van der Waals surface area contributed by atoms with E-state index >= 15 is 0 Å². The molecule has 1 unspecified atom stereocenters. The molecule has 1 saturated heterocycles. The molecular weight excluding hydrogens is 162 g/mol. The van der Waals surface area contributed by atoms with Crippen molar-refractivity contribution >= 4 is 0 Å². The number of rotatable bonds is 3. The molecule has 2 heteroatoms. The van der Waals surface area contributed by atoms with Crippen molar-refractivity contribution in [3.05, 3.63) is 0 Å². The molecule has 0 aromatic carbocycles. The van der Waals surface area contributed by atoms with E-state index in [0.717, 1.165) is 25.4 Å². The van der Waals surface area contributed by atoms with Crippen LogP contribution in [0, 0.1) is 11.8 Å². The van der Waals surface area contributed by atoms with E-state index in [-0.39, 0.29) is 5.60 Å². The molecule has 1 aliphatic heterocycles. The van der Waals surface area contributed by atoms with Gasteiger partial charge in [0.1, 0.15) is 0 Å². The molecule has 13 heavy (non-hydrogen) atoms. The quantitative estimate of drug-likeness (QED) is 0.695. The van der Waals surface area contributed by atoms with E-state index in [1.807, 2.05) is 6.92 Å². The van der Waals surface area contributed by atoms with Crippen molar-refractivity contribution in [1.29, 1.82) is 0 Å². The molecule has 2 fully saturated rings. The Balaban J connectivity index is 1.80. The predicted molar refractivity (Wildman–Crippen MR) is 53.6 cm³/mol. The van der Waals surface area contributed by atoms with Crippen molar-refractivity contribution in [2.75, 3.05) is 13.1 Å². The highest BCUT2D eigenvalue weighted by Crippen LogP contribution is 2.43. The maximum atomic E-state index is 10.2. The fourth-order valence-corrected chi connectivity index (χ4v) is 2.54. The summed E-state index contributed by atoms with van der Waals surface area (Å²) >= 11 is 0. The minimum absolute atomic E-state index is 0.359. The Morgan fingerprint density at radius 1 is 1.23 bits per heavy atom. The van der Waals surface area contributed by atoms with Gasteiger partial charge in [-0.25, -0.2) is 0 Å². The zero-order valence-corrected chi connectivity index (χ0v) is 8.55. The van der Waals surface area contributed by atoms with Crippen molar-refractivity contribution in [3.63, 3.8) is 0 Å². The molecule has 76 valence electrons. The summed E-state index contributed by atoms with van der Waals surface area (Å²) in [6.07, 6.45) is 6.03. The van der Waals surface area contributed by atoms with E-state index in [4.69, 9.17) is 0 Å². The average molecular weight is 183 g/mol. The van der Waals surface area contributed by atoms with E-state index in [0.29, 0.717) is 5.92 Å². The first-order chi connectivity index (χ1) is 6.18. The van der Waals surface area contributed by atoms with Gasteiger partial charge in [-0.1, -0.05) is 0 Å². The normalized spacial score (nSPS) is 30.0. The number of piperidine rings is 1. The fraction of sp³-hybridized carbons (Fsp3) is 1.00. The molecule has 0 aromatic rings. The lowest BCUT2D eigenvalue weighted by Gasteiger charge is -2.31. The van der Waals surface area contributed by atoms with Gasteiger partial charge in [0.15, 0.2) is 0 Å². The molecule has 2 aliphatic rings. The van der Waals surface area contributed by atoms with Crippen LogP contribution in [0.15, 0.2) is 0 Å². The van der Waals surface area contributed by atoms with Crippen LogP contribution in [-0.4, -0.2) is 23.8 Å². The Labute approximate surface area is 80.7 Å². The maximum absolute atomic E-state index is 10.2. The minimum atomic E-state index is -0.359. The third-order valence-corrected chi connectivity index (χ3v) is 3.62. The van der Waals surface area contributed by atoms with E-state index in [9.17, 15) is 5.11 Å². The third kappa shape index (κ3) is 2.44. The first-order valence-corrected chi connectivity index (χ1v) is 5.61. The first kappa shape index (κ1) is 9.47.